The van der Waals surface area contributed by atoms with E-state index >= 15 is 0 Å². The third-order valence-electron chi connectivity index (χ3n) is 3.87. The first-order valence-corrected chi connectivity index (χ1v) is 7.07. The molecule has 1 aliphatic rings. The molecule has 2 N–H and O–H groups in total. The fraction of sp³-hybridized carbons (Fsp3) is 0.733. The van der Waals surface area contributed by atoms with Crippen LogP contribution in [0.2, 0.25) is 0 Å². The van der Waals surface area contributed by atoms with Gasteiger partial charge in [-0.25, -0.2) is 0 Å². The van der Waals surface area contributed by atoms with Crippen LogP contribution < -0.4 is 5.73 Å². The molecule has 0 aliphatic carbocycles. The maximum Gasteiger partial charge on any atom is 0.0762 e. The van der Waals surface area contributed by atoms with Gasteiger partial charge in [0.05, 0.1) is 11.7 Å². The molecule has 18 heavy (non-hydrogen) atoms. The van der Waals surface area contributed by atoms with E-state index in [1.165, 1.54) is 5.69 Å². The Labute approximate surface area is 110 Å². The first-order valence-electron chi connectivity index (χ1n) is 7.07. The van der Waals surface area contributed by atoms with Crippen LogP contribution in [-0.4, -0.2) is 22.3 Å². The first-order chi connectivity index (χ1) is 8.50. The van der Waals surface area contributed by atoms with E-state index in [0.717, 1.165) is 32.2 Å². The lowest BCUT2D eigenvalue weighted by Crippen LogP contribution is -2.26. The average molecular weight is 250 g/mol. The van der Waals surface area contributed by atoms with E-state index in [1.807, 2.05) is 0 Å². The Balaban J connectivity index is 1.96. The lowest BCUT2D eigenvalue weighted by Gasteiger charge is -2.21. The summed E-state index contributed by atoms with van der Waals surface area (Å²) in [5.74, 6) is 0. The van der Waals surface area contributed by atoms with Crippen LogP contribution in [0.15, 0.2) is 18.3 Å². The predicted molar refractivity (Wildman–Crippen MR) is 74.6 cm³/mol. The van der Waals surface area contributed by atoms with Gasteiger partial charge in [0.15, 0.2) is 0 Å². The zero-order valence-electron chi connectivity index (χ0n) is 11.9. The average Bonchev–Trinajstić information content (AvgIpc) is 2.86. The van der Waals surface area contributed by atoms with Crippen LogP contribution in [0, 0.1) is 0 Å². The Bertz CT molecular complexity index is 384. The van der Waals surface area contributed by atoms with Crippen LogP contribution in [-0.2, 0) is 17.7 Å². The molecular weight excluding hydrogens is 224 g/mol. The molecule has 102 valence electrons. The van der Waals surface area contributed by atoms with Crippen molar-refractivity contribution < 1.29 is 4.74 Å². The number of ether oxygens (including phenoxy) is 1. The van der Waals surface area contributed by atoms with Crippen molar-refractivity contribution in [2.24, 2.45) is 5.73 Å². The van der Waals surface area contributed by atoms with E-state index in [9.17, 15) is 0 Å². The third kappa shape index (κ3) is 3.36. The molecule has 2 rings (SSSR count). The summed E-state index contributed by atoms with van der Waals surface area (Å²) in [7, 11) is 0. The number of hydrogen-bond acceptors (Lipinski definition) is 2. The molecule has 1 saturated heterocycles. The summed E-state index contributed by atoms with van der Waals surface area (Å²) in [6, 6.07) is 4.55. The summed E-state index contributed by atoms with van der Waals surface area (Å²) < 4.78 is 8.36. The molecule has 0 bridgehead atoms. The quantitative estimate of drug-likeness (QED) is 0.873. The van der Waals surface area contributed by atoms with E-state index < -0.39 is 0 Å². The predicted octanol–water partition coefficient (Wildman–Crippen LogP) is 2.73. The number of aromatic nitrogens is 1. The van der Waals surface area contributed by atoms with Crippen LogP contribution in [0.1, 0.15) is 45.7 Å². The molecule has 0 saturated carbocycles. The van der Waals surface area contributed by atoms with E-state index in [-0.39, 0.29) is 11.6 Å². The number of rotatable bonds is 5. The Kier molecular flexibility index (Phi) is 4.13. The van der Waals surface area contributed by atoms with Crippen LogP contribution in [0.3, 0.4) is 0 Å². The Morgan fingerprint density at radius 3 is 2.94 bits per heavy atom. The molecule has 3 heteroatoms. The van der Waals surface area contributed by atoms with Crippen molar-refractivity contribution in [3.05, 3.63) is 24.0 Å². The second kappa shape index (κ2) is 5.45. The van der Waals surface area contributed by atoms with Gasteiger partial charge >= 0.3 is 0 Å². The minimum absolute atomic E-state index is 0.0534. The second-order valence-corrected chi connectivity index (χ2v) is 6.06. The number of nitrogens with zero attached hydrogens (tertiary/aromatic N) is 1. The first kappa shape index (κ1) is 13.6. The summed E-state index contributed by atoms with van der Waals surface area (Å²) in [5, 5.41) is 0. The lowest BCUT2D eigenvalue weighted by molar-refractivity contribution is -0.0219. The van der Waals surface area contributed by atoms with Gasteiger partial charge in [0.1, 0.15) is 0 Å². The van der Waals surface area contributed by atoms with Crippen LogP contribution in [0.5, 0.6) is 0 Å². The minimum atomic E-state index is 0.0534. The normalized spacial score (nSPS) is 24.3. The highest BCUT2D eigenvalue weighted by molar-refractivity contribution is 5.09. The highest BCUT2D eigenvalue weighted by Gasteiger charge is 2.31. The summed E-state index contributed by atoms with van der Waals surface area (Å²) in [4.78, 5) is 0. The number of nitrogens with two attached hydrogens (primary N) is 1. The molecule has 0 amide bonds. The third-order valence-corrected chi connectivity index (χ3v) is 3.87. The highest BCUT2D eigenvalue weighted by atomic mass is 16.5. The van der Waals surface area contributed by atoms with Crippen molar-refractivity contribution in [1.82, 2.24) is 4.57 Å². The molecule has 0 radical (unpaired) electrons. The molecule has 1 aromatic rings. The number of hydrogen-bond donors (Lipinski definition) is 1. The minimum Gasteiger partial charge on any atom is -0.370 e. The maximum atomic E-state index is 6.06. The summed E-state index contributed by atoms with van der Waals surface area (Å²) in [6.07, 6.45) is 6.79. The lowest BCUT2D eigenvalue weighted by atomic mass is 10.1. The van der Waals surface area contributed by atoms with Crippen molar-refractivity contribution >= 4 is 0 Å². The van der Waals surface area contributed by atoms with Gasteiger partial charge in [0.25, 0.3) is 0 Å². The van der Waals surface area contributed by atoms with Crippen molar-refractivity contribution in [2.45, 2.75) is 70.7 Å². The van der Waals surface area contributed by atoms with E-state index in [0.29, 0.717) is 6.10 Å². The van der Waals surface area contributed by atoms with Gasteiger partial charge in [-0.3, -0.25) is 0 Å². The van der Waals surface area contributed by atoms with Gasteiger partial charge < -0.3 is 15.0 Å². The molecule has 0 spiro atoms. The molecule has 2 atom stereocenters. The van der Waals surface area contributed by atoms with Crippen molar-refractivity contribution in [2.75, 3.05) is 0 Å². The van der Waals surface area contributed by atoms with Gasteiger partial charge in [0.2, 0.25) is 0 Å². The molecule has 1 aliphatic heterocycles. The molecule has 0 aromatic carbocycles. The van der Waals surface area contributed by atoms with Crippen LogP contribution in [0.25, 0.3) is 0 Å². The molecular formula is C15H26N2O. The Morgan fingerprint density at radius 2 is 2.33 bits per heavy atom. The molecule has 3 nitrogen and oxygen atoms in total. The van der Waals surface area contributed by atoms with Crippen molar-refractivity contribution in [1.29, 1.82) is 0 Å². The molecule has 1 aromatic heterocycles. The van der Waals surface area contributed by atoms with Gasteiger partial charge in [-0.1, -0.05) is 6.92 Å². The molecule has 1 fully saturated rings. The van der Waals surface area contributed by atoms with E-state index in [2.05, 4.69) is 43.7 Å². The van der Waals surface area contributed by atoms with Crippen LogP contribution >= 0.6 is 0 Å². The van der Waals surface area contributed by atoms with Gasteiger partial charge in [-0.2, -0.15) is 0 Å². The van der Waals surface area contributed by atoms with Gasteiger partial charge in [0, 0.05) is 30.9 Å². The van der Waals surface area contributed by atoms with Crippen molar-refractivity contribution in [3.63, 3.8) is 0 Å². The largest absolute Gasteiger partial charge is 0.370 e. The summed E-state index contributed by atoms with van der Waals surface area (Å²) in [6.45, 7) is 7.45. The monoisotopic (exact) mass is 250 g/mol. The maximum absolute atomic E-state index is 6.06. The summed E-state index contributed by atoms with van der Waals surface area (Å²) in [5.41, 5.74) is 7.42. The van der Waals surface area contributed by atoms with Gasteiger partial charge in [-0.05, 0) is 45.2 Å². The van der Waals surface area contributed by atoms with Gasteiger partial charge in [-0.15, -0.1) is 0 Å². The highest BCUT2D eigenvalue weighted by Crippen LogP contribution is 2.30. The zero-order valence-corrected chi connectivity index (χ0v) is 11.9. The summed E-state index contributed by atoms with van der Waals surface area (Å²) >= 11 is 0. The van der Waals surface area contributed by atoms with Crippen molar-refractivity contribution in [3.8, 4) is 0 Å². The Hall–Kier alpha value is -0.800. The fourth-order valence-corrected chi connectivity index (χ4v) is 2.65. The fourth-order valence-electron chi connectivity index (χ4n) is 2.65. The topological polar surface area (TPSA) is 40.2 Å². The van der Waals surface area contributed by atoms with E-state index in [1.54, 1.807) is 0 Å². The van der Waals surface area contributed by atoms with Crippen LogP contribution in [0.4, 0.5) is 0 Å². The molecule has 2 unspecified atom stereocenters. The Morgan fingerprint density at radius 1 is 1.56 bits per heavy atom. The zero-order chi connectivity index (χ0) is 13.2. The second-order valence-electron chi connectivity index (χ2n) is 6.06. The molecule has 2 heterocycles. The smallest absolute Gasteiger partial charge is 0.0762 e. The standard InChI is InChI=1S/C15H26N2O/c1-4-12(16)10-13-6-5-9-17(13)11-14-7-8-15(2,3)18-14/h5-6,9,12,14H,4,7-8,10-11,16H2,1-3H3. The SMILES string of the molecule is CCC(N)Cc1cccn1CC1CCC(C)(C)O1. The van der Waals surface area contributed by atoms with E-state index in [4.69, 9.17) is 10.5 Å².